The Labute approximate surface area is 158 Å². The number of piperidine rings is 1. The maximum Gasteiger partial charge on any atom is 0.229 e. The van der Waals surface area contributed by atoms with Crippen molar-refractivity contribution in [3.63, 3.8) is 0 Å². The number of anilines is 1. The molecule has 4 rings (SSSR count). The second-order valence-corrected chi connectivity index (χ2v) is 7.07. The second-order valence-electron chi connectivity index (χ2n) is 7.07. The Balaban J connectivity index is 1.40. The van der Waals surface area contributed by atoms with Gasteiger partial charge < -0.3 is 15.2 Å². The molecule has 0 aliphatic carbocycles. The van der Waals surface area contributed by atoms with Gasteiger partial charge in [-0.25, -0.2) is 0 Å². The van der Waals surface area contributed by atoms with Crippen LogP contribution in [0, 0.1) is 5.92 Å². The molecule has 2 amide bonds. The molecule has 0 bridgehead atoms. The molecule has 1 fully saturated rings. The Hall–Kier alpha value is -3.08. The van der Waals surface area contributed by atoms with Crippen LogP contribution in [0.1, 0.15) is 18.4 Å². The van der Waals surface area contributed by atoms with Crippen LogP contribution in [-0.2, 0) is 16.0 Å². The van der Waals surface area contributed by atoms with Crippen LogP contribution in [0.15, 0.2) is 60.8 Å². The maximum atomic E-state index is 12.8. The topological polar surface area (TPSA) is 65.2 Å². The van der Waals surface area contributed by atoms with Crippen molar-refractivity contribution < 1.29 is 9.59 Å². The number of rotatable bonds is 4. The number of aromatic amines is 1. The lowest BCUT2D eigenvalue weighted by Crippen LogP contribution is -2.44. The maximum absolute atomic E-state index is 12.8. The minimum atomic E-state index is -0.161. The molecule has 2 aromatic carbocycles. The Bertz CT molecular complexity index is 948. The van der Waals surface area contributed by atoms with E-state index >= 15 is 0 Å². The van der Waals surface area contributed by atoms with Gasteiger partial charge in [-0.05, 0) is 36.6 Å². The summed E-state index contributed by atoms with van der Waals surface area (Å²) < 4.78 is 0. The van der Waals surface area contributed by atoms with Gasteiger partial charge in [0.25, 0.3) is 0 Å². The highest BCUT2D eigenvalue weighted by molar-refractivity contribution is 5.93. The van der Waals surface area contributed by atoms with Crippen molar-refractivity contribution in [2.24, 2.45) is 5.92 Å². The largest absolute Gasteiger partial charge is 0.361 e. The summed E-state index contributed by atoms with van der Waals surface area (Å²) in [6, 6.07) is 17.5. The molecule has 5 nitrogen and oxygen atoms in total. The lowest BCUT2D eigenvalue weighted by atomic mass is 9.96. The SMILES string of the molecule is O=C(Nc1ccccc1)C1CCCN(C(=O)Cc2c[nH]c3ccccc23)C1. The Morgan fingerprint density at radius 3 is 2.70 bits per heavy atom. The van der Waals surface area contributed by atoms with Crippen LogP contribution in [0.5, 0.6) is 0 Å². The molecule has 1 aliphatic heterocycles. The molecule has 5 heteroatoms. The quantitative estimate of drug-likeness (QED) is 0.746. The van der Waals surface area contributed by atoms with Crippen LogP contribution < -0.4 is 5.32 Å². The first-order chi connectivity index (χ1) is 13.2. The standard InChI is InChI=1S/C22H23N3O2/c26-21(13-17-14-23-20-11-5-4-10-19(17)20)25-12-6-7-16(15-25)22(27)24-18-8-2-1-3-9-18/h1-5,8-11,14,16,23H,6-7,12-13,15H2,(H,24,27). The normalized spacial score (nSPS) is 17.0. The van der Waals surface area contributed by atoms with Crippen molar-refractivity contribution in [1.82, 2.24) is 9.88 Å². The number of benzene rings is 2. The highest BCUT2D eigenvalue weighted by atomic mass is 16.2. The van der Waals surface area contributed by atoms with Gasteiger partial charge in [0.2, 0.25) is 11.8 Å². The van der Waals surface area contributed by atoms with Gasteiger partial charge in [0.15, 0.2) is 0 Å². The highest BCUT2D eigenvalue weighted by Gasteiger charge is 2.28. The molecule has 1 saturated heterocycles. The van der Waals surface area contributed by atoms with Crippen LogP contribution in [-0.4, -0.2) is 34.8 Å². The summed E-state index contributed by atoms with van der Waals surface area (Å²) in [6.45, 7) is 1.20. The number of amides is 2. The van der Waals surface area contributed by atoms with E-state index in [-0.39, 0.29) is 17.7 Å². The van der Waals surface area contributed by atoms with Gasteiger partial charge in [0.1, 0.15) is 0 Å². The molecule has 1 aliphatic rings. The molecule has 2 heterocycles. The molecule has 1 atom stereocenters. The number of H-pyrrole nitrogens is 1. The molecule has 138 valence electrons. The van der Waals surface area contributed by atoms with E-state index in [1.807, 2.05) is 65.7 Å². The highest BCUT2D eigenvalue weighted by Crippen LogP contribution is 2.22. The molecular weight excluding hydrogens is 338 g/mol. The number of fused-ring (bicyclic) bond motifs is 1. The van der Waals surface area contributed by atoms with Crippen LogP contribution in [0.2, 0.25) is 0 Å². The van der Waals surface area contributed by atoms with E-state index in [9.17, 15) is 9.59 Å². The first-order valence-corrected chi connectivity index (χ1v) is 9.39. The molecule has 1 aromatic heterocycles. The summed E-state index contributed by atoms with van der Waals surface area (Å²) in [5.74, 6) is -0.0892. The van der Waals surface area contributed by atoms with Crippen molar-refractivity contribution in [3.8, 4) is 0 Å². The summed E-state index contributed by atoms with van der Waals surface area (Å²) in [4.78, 5) is 30.4. The van der Waals surface area contributed by atoms with E-state index in [1.165, 1.54) is 0 Å². The predicted molar refractivity (Wildman–Crippen MR) is 106 cm³/mol. The molecule has 3 aromatic rings. The summed E-state index contributed by atoms with van der Waals surface area (Å²) >= 11 is 0. The molecule has 1 unspecified atom stereocenters. The summed E-state index contributed by atoms with van der Waals surface area (Å²) in [5, 5.41) is 4.04. The molecule has 0 spiro atoms. The summed E-state index contributed by atoms with van der Waals surface area (Å²) in [6.07, 6.45) is 3.94. The fourth-order valence-corrected chi connectivity index (χ4v) is 3.74. The zero-order valence-corrected chi connectivity index (χ0v) is 15.2. The monoisotopic (exact) mass is 361 g/mol. The number of aromatic nitrogens is 1. The minimum Gasteiger partial charge on any atom is -0.361 e. The number of carbonyl (C=O) groups is 2. The average Bonchev–Trinajstić information content (AvgIpc) is 3.12. The number of hydrogen-bond acceptors (Lipinski definition) is 2. The van der Waals surface area contributed by atoms with Gasteiger partial charge in [-0.3, -0.25) is 9.59 Å². The fourth-order valence-electron chi connectivity index (χ4n) is 3.74. The van der Waals surface area contributed by atoms with Crippen LogP contribution in [0.3, 0.4) is 0 Å². The number of para-hydroxylation sites is 2. The molecule has 0 radical (unpaired) electrons. The van der Waals surface area contributed by atoms with Crippen LogP contribution in [0.4, 0.5) is 5.69 Å². The zero-order chi connectivity index (χ0) is 18.6. The van der Waals surface area contributed by atoms with E-state index in [2.05, 4.69) is 10.3 Å². The van der Waals surface area contributed by atoms with Gasteiger partial charge in [-0.1, -0.05) is 36.4 Å². The first-order valence-electron chi connectivity index (χ1n) is 9.39. The average molecular weight is 361 g/mol. The molecule has 0 saturated carbocycles. The van der Waals surface area contributed by atoms with Gasteiger partial charge in [0, 0.05) is 35.9 Å². The zero-order valence-electron chi connectivity index (χ0n) is 15.2. The third-order valence-electron chi connectivity index (χ3n) is 5.20. The number of likely N-dealkylation sites (tertiary alicyclic amines) is 1. The van der Waals surface area contributed by atoms with Crippen LogP contribution in [0.25, 0.3) is 10.9 Å². The van der Waals surface area contributed by atoms with Crippen LogP contribution >= 0.6 is 0 Å². The van der Waals surface area contributed by atoms with Gasteiger partial charge >= 0.3 is 0 Å². The van der Waals surface area contributed by atoms with E-state index in [0.29, 0.717) is 13.0 Å². The molecule has 2 N–H and O–H groups in total. The summed E-state index contributed by atoms with van der Waals surface area (Å²) in [7, 11) is 0. The Kier molecular flexibility index (Phi) is 4.92. The fraction of sp³-hybridized carbons (Fsp3) is 0.273. The van der Waals surface area contributed by atoms with Gasteiger partial charge in [-0.15, -0.1) is 0 Å². The van der Waals surface area contributed by atoms with Gasteiger partial charge in [0.05, 0.1) is 12.3 Å². The third kappa shape index (κ3) is 3.87. The van der Waals surface area contributed by atoms with E-state index in [1.54, 1.807) is 0 Å². The number of nitrogens with one attached hydrogen (secondary N) is 2. The predicted octanol–water partition coefficient (Wildman–Crippen LogP) is 3.59. The van der Waals surface area contributed by atoms with Crippen molar-refractivity contribution in [2.45, 2.75) is 19.3 Å². The van der Waals surface area contributed by atoms with E-state index in [4.69, 9.17) is 0 Å². The number of hydrogen-bond donors (Lipinski definition) is 2. The van der Waals surface area contributed by atoms with Crippen molar-refractivity contribution >= 4 is 28.4 Å². The van der Waals surface area contributed by atoms with E-state index in [0.717, 1.165) is 41.5 Å². The lowest BCUT2D eigenvalue weighted by molar-refractivity contribution is -0.133. The number of nitrogens with zero attached hydrogens (tertiary/aromatic N) is 1. The molecule has 27 heavy (non-hydrogen) atoms. The Morgan fingerprint density at radius 2 is 1.85 bits per heavy atom. The number of carbonyl (C=O) groups excluding carboxylic acids is 2. The smallest absolute Gasteiger partial charge is 0.229 e. The Morgan fingerprint density at radius 1 is 1.07 bits per heavy atom. The third-order valence-corrected chi connectivity index (χ3v) is 5.20. The second kappa shape index (κ2) is 7.66. The lowest BCUT2D eigenvalue weighted by Gasteiger charge is -2.32. The van der Waals surface area contributed by atoms with E-state index < -0.39 is 0 Å². The van der Waals surface area contributed by atoms with Crippen molar-refractivity contribution in [1.29, 1.82) is 0 Å². The van der Waals surface area contributed by atoms with Crippen molar-refractivity contribution in [3.05, 3.63) is 66.4 Å². The first kappa shape index (κ1) is 17.3. The summed E-state index contributed by atoms with van der Waals surface area (Å²) in [5.41, 5.74) is 2.84. The minimum absolute atomic E-state index is 0.00852. The van der Waals surface area contributed by atoms with Gasteiger partial charge in [-0.2, -0.15) is 0 Å². The van der Waals surface area contributed by atoms with Crippen molar-refractivity contribution in [2.75, 3.05) is 18.4 Å². The molecular formula is C22H23N3O2.